The molecule has 1 aliphatic rings. The van der Waals surface area contributed by atoms with Gasteiger partial charge in [-0.25, -0.2) is 0 Å². The quantitative estimate of drug-likeness (QED) is 0.407. The van der Waals surface area contributed by atoms with E-state index in [1.54, 1.807) is 0 Å². The second-order valence-electron chi connectivity index (χ2n) is 7.04. The van der Waals surface area contributed by atoms with Gasteiger partial charge in [-0.2, -0.15) is 27.1 Å². The van der Waals surface area contributed by atoms with E-state index in [9.17, 15) is 22.0 Å². The van der Waals surface area contributed by atoms with Crippen LogP contribution in [-0.4, -0.2) is 33.7 Å². The first kappa shape index (κ1) is 22.3. The minimum Gasteiger partial charge on any atom is -0.493 e. The van der Waals surface area contributed by atoms with Gasteiger partial charge in [0.15, 0.2) is 17.2 Å². The maximum atomic E-state index is 13.2. The van der Waals surface area contributed by atoms with Gasteiger partial charge in [0.2, 0.25) is 11.8 Å². The molecule has 0 saturated heterocycles. The van der Waals surface area contributed by atoms with Crippen LogP contribution < -0.4 is 9.47 Å². The van der Waals surface area contributed by atoms with Crippen molar-refractivity contribution in [1.29, 1.82) is 0 Å². The van der Waals surface area contributed by atoms with Gasteiger partial charge in [-0.1, -0.05) is 11.6 Å². The third-order valence-electron chi connectivity index (χ3n) is 4.80. The molecule has 32 heavy (non-hydrogen) atoms. The van der Waals surface area contributed by atoms with E-state index in [-0.39, 0.29) is 47.2 Å². The van der Waals surface area contributed by atoms with Gasteiger partial charge in [-0.15, -0.1) is 10.2 Å². The van der Waals surface area contributed by atoms with Crippen molar-refractivity contribution in [2.45, 2.75) is 44.5 Å². The van der Waals surface area contributed by atoms with E-state index < -0.39 is 18.5 Å². The number of hydrogen-bond acceptors (Lipinski definition) is 6. The lowest BCUT2D eigenvalue weighted by atomic mass is 10.2. The summed E-state index contributed by atoms with van der Waals surface area (Å²) in [4.78, 5) is 0. The highest BCUT2D eigenvalue weighted by molar-refractivity contribution is 6.32. The van der Waals surface area contributed by atoms with E-state index in [0.717, 1.165) is 12.8 Å². The third kappa shape index (κ3) is 4.64. The minimum atomic E-state index is -4.65. The maximum absolute atomic E-state index is 13.2. The van der Waals surface area contributed by atoms with E-state index >= 15 is 0 Å². The fourth-order valence-corrected chi connectivity index (χ4v) is 3.62. The van der Waals surface area contributed by atoms with Crippen molar-refractivity contribution in [3.63, 3.8) is 0 Å². The minimum absolute atomic E-state index is 0.0440. The number of methoxy groups -OCH3 is 1. The van der Waals surface area contributed by atoms with Crippen LogP contribution in [0.15, 0.2) is 22.6 Å². The van der Waals surface area contributed by atoms with Crippen molar-refractivity contribution in [2.24, 2.45) is 0 Å². The Bertz CT molecular complexity index is 1110. The molecule has 0 atom stereocenters. The molecular formula is C19H16ClF5N4O3. The highest BCUT2D eigenvalue weighted by Gasteiger charge is 2.42. The van der Waals surface area contributed by atoms with Crippen LogP contribution in [0.2, 0.25) is 5.02 Å². The van der Waals surface area contributed by atoms with Crippen molar-refractivity contribution in [1.82, 2.24) is 20.0 Å². The molecule has 3 aromatic rings. The van der Waals surface area contributed by atoms with Crippen molar-refractivity contribution in [3.8, 4) is 23.0 Å². The molecule has 0 radical (unpaired) electrons. The smallest absolute Gasteiger partial charge is 0.436 e. The van der Waals surface area contributed by atoms with Gasteiger partial charge in [0, 0.05) is 17.9 Å². The number of rotatable bonds is 8. The van der Waals surface area contributed by atoms with Crippen LogP contribution >= 0.6 is 11.6 Å². The number of nitrogens with zero attached hydrogens (tertiary/aromatic N) is 4. The zero-order valence-electron chi connectivity index (χ0n) is 16.5. The van der Waals surface area contributed by atoms with Crippen molar-refractivity contribution in [3.05, 3.63) is 40.5 Å². The van der Waals surface area contributed by atoms with Crippen LogP contribution in [0.3, 0.4) is 0 Å². The lowest BCUT2D eigenvalue weighted by Crippen LogP contribution is -2.10. The van der Waals surface area contributed by atoms with E-state index in [4.69, 9.17) is 20.8 Å². The third-order valence-corrected chi connectivity index (χ3v) is 5.17. The Labute approximate surface area is 183 Å². The molecule has 0 amide bonds. The van der Waals surface area contributed by atoms with Gasteiger partial charge in [0.05, 0.1) is 24.4 Å². The molecule has 172 valence electrons. The fraction of sp³-hybridized carbons (Fsp3) is 0.421. The standard InChI is InChI=1S/C19H16ClF5N4O3/c1-30-12-8-10(4-5-11(12)31-18(21)22)17-27-26-13(32-17)6-7-29-15(9-2-3-9)14(20)16(28-29)19(23,24)25/h4-5,8-9,18H,2-3,6-7H2,1H3. The zero-order valence-corrected chi connectivity index (χ0v) is 17.3. The van der Waals surface area contributed by atoms with Crippen LogP contribution in [0.1, 0.15) is 36.0 Å². The second-order valence-corrected chi connectivity index (χ2v) is 7.42. The Morgan fingerprint density at radius 1 is 1.22 bits per heavy atom. The Morgan fingerprint density at radius 2 is 1.97 bits per heavy atom. The van der Waals surface area contributed by atoms with Crippen LogP contribution in [0, 0.1) is 0 Å². The molecule has 1 aromatic carbocycles. The summed E-state index contributed by atoms with van der Waals surface area (Å²) in [5.41, 5.74) is -0.356. The normalized spacial score (nSPS) is 14.2. The summed E-state index contributed by atoms with van der Waals surface area (Å²) in [6, 6.07) is 4.10. The molecule has 0 bridgehead atoms. The summed E-state index contributed by atoms with van der Waals surface area (Å²) in [5, 5.41) is 11.1. The number of alkyl halides is 5. The number of halogens is 6. The van der Waals surface area contributed by atoms with E-state index in [0.29, 0.717) is 11.3 Å². The Morgan fingerprint density at radius 3 is 2.59 bits per heavy atom. The molecule has 2 heterocycles. The fourth-order valence-electron chi connectivity index (χ4n) is 3.22. The van der Waals surface area contributed by atoms with Crippen LogP contribution in [0.25, 0.3) is 11.5 Å². The SMILES string of the molecule is COc1cc(-c2nnc(CCn3nc(C(F)(F)F)c(Cl)c3C3CC3)o2)ccc1OC(F)F. The lowest BCUT2D eigenvalue weighted by molar-refractivity contribution is -0.141. The Balaban J connectivity index is 1.51. The molecule has 4 rings (SSSR count). The molecule has 2 aromatic heterocycles. The van der Waals surface area contributed by atoms with Crippen molar-refractivity contribution in [2.75, 3.05) is 7.11 Å². The molecule has 1 saturated carbocycles. The largest absolute Gasteiger partial charge is 0.493 e. The summed E-state index contributed by atoms with van der Waals surface area (Å²) >= 11 is 5.96. The predicted molar refractivity (Wildman–Crippen MR) is 101 cm³/mol. The van der Waals surface area contributed by atoms with Crippen molar-refractivity contribution >= 4 is 11.6 Å². The summed E-state index contributed by atoms with van der Waals surface area (Å²) in [6.45, 7) is -2.95. The summed E-state index contributed by atoms with van der Waals surface area (Å²) in [7, 11) is 1.29. The summed E-state index contributed by atoms with van der Waals surface area (Å²) < 4.78 is 80.7. The molecule has 1 aliphatic carbocycles. The van der Waals surface area contributed by atoms with Crippen LogP contribution in [0.5, 0.6) is 11.5 Å². The van der Waals surface area contributed by atoms with Gasteiger partial charge in [-0.05, 0) is 31.0 Å². The monoisotopic (exact) mass is 478 g/mol. The van der Waals surface area contributed by atoms with E-state index in [2.05, 4.69) is 20.0 Å². The molecule has 0 N–H and O–H groups in total. The van der Waals surface area contributed by atoms with Crippen LogP contribution in [0.4, 0.5) is 22.0 Å². The lowest BCUT2D eigenvalue weighted by Gasteiger charge is -2.10. The molecule has 7 nitrogen and oxygen atoms in total. The second kappa shape index (κ2) is 8.57. The molecule has 0 aliphatic heterocycles. The molecule has 0 spiro atoms. The number of aryl methyl sites for hydroxylation is 2. The van der Waals surface area contributed by atoms with Crippen molar-refractivity contribution < 1.29 is 35.8 Å². The summed E-state index contributed by atoms with van der Waals surface area (Å²) in [5.74, 6) is 0.0792. The first-order valence-electron chi connectivity index (χ1n) is 9.46. The van der Waals surface area contributed by atoms with Gasteiger partial charge >= 0.3 is 12.8 Å². The number of hydrogen-bond donors (Lipinski definition) is 0. The van der Waals surface area contributed by atoms with E-state index in [1.165, 1.54) is 30.0 Å². The average Bonchev–Trinajstić information content (AvgIpc) is 3.33. The number of ether oxygens (including phenoxy) is 2. The van der Waals surface area contributed by atoms with E-state index in [1.807, 2.05) is 0 Å². The molecule has 0 unspecified atom stereocenters. The predicted octanol–water partition coefficient (Wildman–Crippen LogP) is 5.34. The van der Waals surface area contributed by atoms with Gasteiger partial charge in [0.25, 0.3) is 0 Å². The first-order chi connectivity index (χ1) is 15.2. The highest BCUT2D eigenvalue weighted by Crippen LogP contribution is 2.47. The molecule has 13 heteroatoms. The van der Waals surface area contributed by atoms with Gasteiger partial charge in [-0.3, -0.25) is 4.68 Å². The number of aromatic nitrogens is 4. The zero-order chi connectivity index (χ0) is 23.0. The molecule has 1 fully saturated rings. The van der Waals surface area contributed by atoms with Gasteiger partial charge < -0.3 is 13.9 Å². The van der Waals surface area contributed by atoms with Crippen LogP contribution in [-0.2, 0) is 19.1 Å². The number of benzene rings is 1. The Kier molecular flexibility index (Phi) is 5.97. The Hall–Kier alpha value is -2.89. The average molecular weight is 479 g/mol. The van der Waals surface area contributed by atoms with Gasteiger partial charge in [0.1, 0.15) is 0 Å². The molecular weight excluding hydrogens is 463 g/mol. The maximum Gasteiger partial charge on any atom is 0.436 e. The summed E-state index contributed by atoms with van der Waals surface area (Å²) in [6.07, 6.45) is -3.03. The first-order valence-corrected chi connectivity index (χ1v) is 9.84. The topological polar surface area (TPSA) is 75.2 Å². The highest BCUT2D eigenvalue weighted by atomic mass is 35.5.